The van der Waals surface area contributed by atoms with Crippen molar-refractivity contribution in [2.75, 3.05) is 13.2 Å². The van der Waals surface area contributed by atoms with Crippen LogP contribution in [0, 0.1) is 11.8 Å². The van der Waals surface area contributed by atoms with Gasteiger partial charge in [-0.15, -0.1) is 0 Å². The molecular weight excluding hydrogens is 244 g/mol. The lowest BCUT2D eigenvalue weighted by atomic mass is 10.2. The van der Waals surface area contributed by atoms with Gasteiger partial charge in [-0.25, -0.2) is 4.79 Å². The van der Waals surface area contributed by atoms with E-state index in [0.717, 1.165) is 0 Å². The Morgan fingerprint density at radius 1 is 1.11 bits per heavy atom. The molecule has 2 saturated carbocycles. The summed E-state index contributed by atoms with van der Waals surface area (Å²) in [5.41, 5.74) is 0.189. The molecule has 0 aromatic heterocycles. The number of benzene rings is 1. The Balaban J connectivity index is 1.77. The maximum atomic E-state index is 11.2. The van der Waals surface area contributed by atoms with Gasteiger partial charge >= 0.3 is 5.97 Å². The zero-order valence-electron chi connectivity index (χ0n) is 10.8. The molecule has 0 spiro atoms. The van der Waals surface area contributed by atoms with Crippen LogP contribution in [0.3, 0.4) is 0 Å². The number of aromatic carboxylic acids is 1. The van der Waals surface area contributed by atoms with E-state index in [1.165, 1.54) is 25.7 Å². The van der Waals surface area contributed by atoms with Crippen molar-refractivity contribution < 1.29 is 19.4 Å². The third kappa shape index (κ3) is 3.19. The number of carboxylic acids is 1. The standard InChI is InChI=1S/C15H18O4/c16-15(17)12-2-1-3-13(18-8-10-4-5-10)14(12)19-9-11-6-7-11/h1-3,10-11H,4-9H2,(H,16,17). The first-order valence-electron chi connectivity index (χ1n) is 6.86. The highest BCUT2D eigenvalue weighted by Gasteiger charge is 2.26. The smallest absolute Gasteiger partial charge is 0.339 e. The van der Waals surface area contributed by atoms with Crippen molar-refractivity contribution in [2.45, 2.75) is 25.7 Å². The molecule has 19 heavy (non-hydrogen) atoms. The van der Waals surface area contributed by atoms with Gasteiger partial charge in [0, 0.05) is 0 Å². The van der Waals surface area contributed by atoms with Gasteiger partial charge in [-0.1, -0.05) is 6.07 Å². The molecule has 1 aromatic carbocycles. The minimum absolute atomic E-state index is 0.189. The molecule has 0 amide bonds. The number of para-hydroxylation sites is 1. The monoisotopic (exact) mass is 262 g/mol. The Morgan fingerprint density at radius 3 is 2.32 bits per heavy atom. The minimum Gasteiger partial charge on any atom is -0.489 e. The molecular formula is C15H18O4. The number of rotatable bonds is 7. The fourth-order valence-electron chi connectivity index (χ4n) is 1.92. The number of carbonyl (C=O) groups is 1. The molecule has 0 radical (unpaired) electrons. The Labute approximate surface area is 112 Å². The van der Waals surface area contributed by atoms with Crippen LogP contribution in [0.4, 0.5) is 0 Å². The van der Waals surface area contributed by atoms with Gasteiger partial charge in [0.1, 0.15) is 5.56 Å². The van der Waals surface area contributed by atoms with E-state index in [-0.39, 0.29) is 5.56 Å². The Bertz CT molecular complexity index is 475. The Morgan fingerprint density at radius 2 is 1.74 bits per heavy atom. The molecule has 102 valence electrons. The lowest BCUT2D eigenvalue weighted by Crippen LogP contribution is -2.09. The summed E-state index contributed by atoms with van der Waals surface area (Å²) in [5.74, 6) is 1.19. The molecule has 0 saturated heterocycles. The zero-order valence-corrected chi connectivity index (χ0v) is 10.8. The van der Waals surface area contributed by atoms with Gasteiger partial charge in [0.05, 0.1) is 13.2 Å². The van der Waals surface area contributed by atoms with E-state index < -0.39 is 5.97 Å². The second-order valence-corrected chi connectivity index (χ2v) is 5.45. The lowest BCUT2D eigenvalue weighted by Gasteiger charge is -2.14. The highest BCUT2D eigenvalue weighted by Crippen LogP contribution is 2.37. The van der Waals surface area contributed by atoms with E-state index in [2.05, 4.69) is 0 Å². The van der Waals surface area contributed by atoms with E-state index in [4.69, 9.17) is 9.47 Å². The third-order valence-corrected chi connectivity index (χ3v) is 3.54. The summed E-state index contributed by atoms with van der Waals surface area (Å²) in [6.45, 7) is 1.24. The highest BCUT2D eigenvalue weighted by atomic mass is 16.5. The molecule has 0 unspecified atom stereocenters. The van der Waals surface area contributed by atoms with Crippen LogP contribution < -0.4 is 9.47 Å². The maximum Gasteiger partial charge on any atom is 0.339 e. The Hall–Kier alpha value is -1.71. The fraction of sp³-hybridized carbons (Fsp3) is 0.533. The molecule has 1 N–H and O–H groups in total. The fourth-order valence-corrected chi connectivity index (χ4v) is 1.92. The number of ether oxygens (including phenoxy) is 2. The first-order chi connectivity index (χ1) is 9.24. The highest BCUT2D eigenvalue weighted by molar-refractivity contribution is 5.92. The van der Waals surface area contributed by atoms with Gasteiger partial charge in [0.2, 0.25) is 0 Å². The van der Waals surface area contributed by atoms with Gasteiger partial charge in [0.25, 0.3) is 0 Å². The second kappa shape index (κ2) is 5.11. The first-order valence-corrected chi connectivity index (χ1v) is 6.86. The predicted molar refractivity (Wildman–Crippen MR) is 69.8 cm³/mol. The van der Waals surface area contributed by atoms with Gasteiger partial charge < -0.3 is 14.6 Å². The van der Waals surface area contributed by atoms with E-state index >= 15 is 0 Å². The average molecular weight is 262 g/mol. The average Bonchev–Trinajstić information content (AvgIpc) is 3.27. The first kappa shape index (κ1) is 12.3. The van der Waals surface area contributed by atoms with Crippen molar-refractivity contribution in [3.63, 3.8) is 0 Å². The van der Waals surface area contributed by atoms with Crippen molar-refractivity contribution in [2.24, 2.45) is 11.8 Å². The van der Waals surface area contributed by atoms with Gasteiger partial charge in [-0.2, -0.15) is 0 Å². The third-order valence-electron chi connectivity index (χ3n) is 3.54. The summed E-state index contributed by atoms with van der Waals surface area (Å²) in [7, 11) is 0. The van der Waals surface area contributed by atoms with Crippen molar-refractivity contribution in [1.29, 1.82) is 0 Å². The summed E-state index contributed by atoms with van der Waals surface area (Å²) >= 11 is 0. The van der Waals surface area contributed by atoms with Crippen LogP contribution >= 0.6 is 0 Å². The molecule has 2 fully saturated rings. The van der Waals surface area contributed by atoms with Crippen LogP contribution in [0.2, 0.25) is 0 Å². The van der Waals surface area contributed by atoms with Gasteiger partial charge in [-0.05, 0) is 49.7 Å². The van der Waals surface area contributed by atoms with E-state index in [1.54, 1.807) is 18.2 Å². The number of hydrogen-bond acceptors (Lipinski definition) is 3. The van der Waals surface area contributed by atoms with Gasteiger partial charge in [0.15, 0.2) is 11.5 Å². The maximum absolute atomic E-state index is 11.2. The van der Waals surface area contributed by atoms with Crippen LogP contribution in [-0.2, 0) is 0 Å². The van der Waals surface area contributed by atoms with Crippen molar-refractivity contribution in [3.8, 4) is 11.5 Å². The summed E-state index contributed by atoms with van der Waals surface area (Å²) in [5, 5.41) is 9.23. The molecule has 0 aliphatic heterocycles. The lowest BCUT2D eigenvalue weighted by molar-refractivity contribution is 0.0690. The molecule has 4 heteroatoms. The normalized spacial score (nSPS) is 18.1. The van der Waals surface area contributed by atoms with Crippen LogP contribution in [-0.4, -0.2) is 24.3 Å². The van der Waals surface area contributed by atoms with Crippen molar-refractivity contribution in [1.82, 2.24) is 0 Å². The number of hydrogen-bond donors (Lipinski definition) is 1. The quantitative estimate of drug-likeness (QED) is 0.820. The SMILES string of the molecule is O=C(O)c1cccc(OCC2CC2)c1OCC1CC1. The molecule has 2 aliphatic rings. The van der Waals surface area contributed by atoms with Crippen molar-refractivity contribution in [3.05, 3.63) is 23.8 Å². The molecule has 1 aromatic rings. The molecule has 0 bridgehead atoms. The topological polar surface area (TPSA) is 55.8 Å². The summed E-state index contributed by atoms with van der Waals surface area (Å²) < 4.78 is 11.4. The summed E-state index contributed by atoms with van der Waals surface area (Å²) in [6.07, 6.45) is 4.76. The predicted octanol–water partition coefficient (Wildman–Crippen LogP) is 2.96. The molecule has 3 rings (SSSR count). The largest absolute Gasteiger partial charge is 0.489 e. The van der Waals surface area contributed by atoms with E-state index in [1.807, 2.05) is 0 Å². The number of carboxylic acid groups (broad SMARTS) is 1. The zero-order chi connectivity index (χ0) is 13.2. The van der Waals surface area contributed by atoms with Gasteiger partial charge in [-0.3, -0.25) is 0 Å². The molecule has 2 aliphatic carbocycles. The second-order valence-electron chi connectivity index (χ2n) is 5.45. The van der Waals surface area contributed by atoms with Crippen LogP contribution in [0.25, 0.3) is 0 Å². The minimum atomic E-state index is -0.970. The van der Waals surface area contributed by atoms with Crippen LogP contribution in [0.1, 0.15) is 36.0 Å². The van der Waals surface area contributed by atoms with Crippen LogP contribution in [0.5, 0.6) is 11.5 Å². The molecule has 0 heterocycles. The summed E-state index contributed by atoms with van der Waals surface area (Å²) in [6, 6.07) is 5.06. The summed E-state index contributed by atoms with van der Waals surface area (Å²) in [4.78, 5) is 11.2. The Kier molecular flexibility index (Phi) is 3.32. The van der Waals surface area contributed by atoms with Crippen LogP contribution in [0.15, 0.2) is 18.2 Å². The van der Waals surface area contributed by atoms with Crippen molar-refractivity contribution >= 4 is 5.97 Å². The van der Waals surface area contributed by atoms with E-state index in [9.17, 15) is 9.90 Å². The molecule has 0 atom stereocenters. The van der Waals surface area contributed by atoms with E-state index in [0.29, 0.717) is 36.5 Å². The molecule has 4 nitrogen and oxygen atoms in total.